The van der Waals surface area contributed by atoms with Crippen LogP contribution in [0.15, 0.2) is 10.5 Å². The largest absolute Gasteiger partial charge is 0.444 e. The average Bonchev–Trinajstić information content (AvgIpc) is 2.70. The lowest BCUT2D eigenvalue weighted by atomic mass is 10.2. The highest BCUT2D eigenvalue weighted by Crippen LogP contribution is 2.18. The number of anilines is 1. The van der Waals surface area contributed by atoms with Crippen LogP contribution in [0, 0.1) is 0 Å². The summed E-state index contributed by atoms with van der Waals surface area (Å²) in [6, 6.07) is 0. The second kappa shape index (κ2) is 6.67. The molecule has 1 N–H and O–H groups in total. The van der Waals surface area contributed by atoms with Crippen LogP contribution in [0.1, 0.15) is 26.5 Å². The molecule has 1 heterocycles. The van der Waals surface area contributed by atoms with E-state index in [1.54, 1.807) is 20.8 Å². The van der Waals surface area contributed by atoms with Gasteiger partial charge in [-0.3, -0.25) is 10.1 Å². The van der Waals surface area contributed by atoms with E-state index in [1.807, 2.05) is 0 Å². The van der Waals surface area contributed by atoms with Crippen LogP contribution in [0.2, 0.25) is 0 Å². The number of thiazole rings is 1. The predicted octanol–water partition coefficient (Wildman–Crippen LogP) is 2.61. The summed E-state index contributed by atoms with van der Waals surface area (Å²) in [6.07, 6.45) is -0.638. The zero-order valence-electron chi connectivity index (χ0n) is 11.4. The Morgan fingerprint density at radius 2 is 2.10 bits per heavy atom. The number of aromatic nitrogens is 1. The van der Waals surface area contributed by atoms with E-state index in [1.165, 1.54) is 12.5 Å². The van der Waals surface area contributed by atoms with E-state index >= 15 is 0 Å². The van der Waals surface area contributed by atoms with E-state index in [2.05, 4.69) is 20.3 Å². The first kappa shape index (κ1) is 16.4. The van der Waals surface area contributed by atoms with Gasteiger partial charge < -0.3 is 9.57 Å². The fourth-order valence-corrected chi connectivity index (χ4v) is 1.92. The van der Waals surface area contributed by atoms with Crippen LogP contribution in [0.25, 0.3) is 0 Å². The molecule has 1 aromatic heterocycles. The van der Waals surface area contributed by atoms with Gasteiger partial charge in [-0.25, -0.2) is 9.78 Å². The van der Waals surface area contributed by atoms with Gasteiger partial charge in [-0.2, -0.15) is 0 Å². The molecule has 0 spiro atoms. The van der Waals surface area contributed by atoms with E-state index in [0.717, 1.165) is 11.3 Å². The van der Waals surface area contributed by atoms with E-state index < -0.39 is 16.9 Å². The highest BCUT2D eigenvalue weighted by Gasteiger charge is 2.20. The Bertz CT molecular complexity index is 536. The van der Waals surface area contributed by atoms with Crippen LogP contribution in [-0.2, 0) is 14.4 Å². The third-order valence-electron chi connectivity index (χ3n) is 1.72. The highest BCUT2D eigenvalue weighted by atomic mass is 35.5. The maximum absolute atomic E-state index is 11.6. The fourth-order valence-electron chi connectivity index (χ4n) is 1.11. The van der Waals surface area contributed by atoms with Crippen molar-refractivity contribution in [1.29, 1.82) is 0 Å². The Labute approximate surface area is 124 Å². The van der Waals surface area contributed by atoms with Gasteiger partial charge in [0.1, 0.15) is 18.4 Å². The van der Waals surface area contributed by atoms with E-state index in [4.69, 9.17) is 16.3 Å². The van der Waals surface area contributed by atoms with Crippen molar-refractivity contribution >= 4 is 45.1 Å². The van der Waals surface area contributed by atoms with Crippen molar-refractivity contribution in [2.45, 2.75) is 26.4 Å². The molecule has 0 saturated carbocycles. The summed E-state index contributed by atoms with van der Waals surface area (Å²) in [5.74, 6) is 0. The molecule has 0 aliphatic heterocycles. The summed E-state index contributed by atoms with van der Waals surface area (Å²) in [7, 11) is 1.28. The minimum absolute atomic E-state index is 0.136. The lowest BCUT2D eigenvalue weighted by Crippen LogP contribution is -2.27. The van der Waals surface area contributed by atoms with Gasteiger partial charge in [-0.1, -0.05) is 5.16 Å². The number of nitrogens with zero attached hydrogens (tertiary/aromatic N) is 2. The monoisotopic (exact) mass is 319 g/mol. The Balaban J connectivity index is 2.80. The summed E-state index contributed by atoms with van der Waals surface area (Å²) in [5.41, 5.74) is -0.538. The highest BCUT2D eigenvalue weighted by molar-refractivity contribution is 7.14. The number of hydrogen-bond donors (Lipinski definition) is 1. The van der Waals surface area contributed by atoms with Crippen LogP contribution in [0.3, 0.4) is 0 Å². The molecule has 1 rings (SSSR count). The number of carbonyl (C=O) groups is 2. The number of amides is 1. The quantitative estimate of drug-likeness (QED) is 0.523. The summed E-state index contributed by atoms with van der Waals surface area (Å²) < 4.78 is 5.08. The van der Waals surface area contributed by atoms with Crippen molar-refractivity contribution in [1.82, 2.24) is 4.98 Å². The van der Waals surface area contributed by atoms with Crippen molar-refractivity contribution in [3.8, 4) is 0 Å². The summed E-state index contributed by atoms with van der Waals surface area (Å²) in [4.78, 5) is 31.2. The summed E-state index contributed by atoms with van der Waals surface area (Å²) in [5, 5.41) is 6.91. The smallest absolute Gasteiger partial charge is 0.413 e. The third-order valence-corrected chi connectivity index (χ3v) is 2.66. The van der Waals surface area contributed by atoms with Gasteiger partial charge in [0.15, 0.2) is 10.8 Å². The van der Waals surface area contributed by atoms with Crippen LogP contribution >= 0.6 is 22.9 Å². The van der Waals surface area contributed by atoms with Crippen molar-refractivity contribution < 1.29 is 19.2 Å². The second-order valence-electron chi connectivity index (χ2n) is 4.56. The van der Waals surface area contributed by atoms with Crippen LogP contribution in [0.4, 0.5) is 9.93 Å². The van der Waals surface area contributed by atoms with Gasteiger partial charge >= 0.3 is 6.09 Å². The van der Waals surface area contributed by atoms with Crippen molar-refractivity contribution in [3.63, 3.8) is 0 Å². The molecule has 0 aliphatic rings. The fraction of sp³-hybridized carbons (Fsp3) is 0.455. The third kappa shape index (κ3) is 5.14. The van der Waals surface area contributed by atoms with Crippen molar-refractivity contribution in [2.24, 2.45) is 5.16 Å². The molecular weight excluding hydrogens is 306 g/mol. The number of ether oxygens (including phenoxy) is 1. The molecule has 0 aromatic carbocycles. The molecule has 0 aliphatic carbocycles. The molecule has 20 heavy (non-hydrogen) atoms. The number of oxime groups is 1. The number of carbonyl (C=O) groups excluding carboxylic acids is 2. The predicted molar refractivity (Wildman–Crippen MR) is 76.4 cm³/mol. The molecule has 1 amide bonds. The van der Waals surface area contributed by atoms with Gasteiger partial charge in [0, 0.05) is 5.38 Å². The first-order valence-electron chi connectivity index (χ1n) is 5.50. The Morgan fingerprint density at radius 1 is 1.45 bits per heavy atom. The normalized spacial score (nSPS) is 11.9. The zero-order valence-corrected chi connectivity index (χ0v) is 13.0. The molecule has 7 nitrogen and oxygen atoms in total. The Morgan fingerprint density at radius 3 is 2.60 bits per heavy atom. The molecule has 0 saturated heterocycles. The van der Waals surface area contributed by atoms with Gasteiger partial charge in [0.05, 0.1) is 0 Å². The molecule has 0 fully saturated rings. The minimum atomic E-state index is -0.805. The number of hydrogen-bond acceptors (Lipinski definition) is 7. The van der Waals surface area contributed by atoms with Gasteiger partial charge in [-0.15, -0.1) is 11.3 Å². The van der Waals surface area contributed by atoms with Gasteiger partial charge in [0.25, 0.3) is 5.24 Å². The maximum Gasteiger partial charge on any atom is 0.413 e. The summed E-state index contributed by atoms with van der Waals surface area (Å²) >= 11 is 6.47. The van der Waals surface area contributed by atoms with E-state index in [-0.39, 0.29) is 16.5 Å². The minimum Gasteiger partial charge on any atom is -0.444 e. The molecule has 0 radical (unpaired) electrons. The zero-order chi connectivity index (χ0) is 15.3. The lowest BCUT2D eigenvalue weighted by molar-refractivity contribution is -0.106. The van der Waals surface area contributed by atoms with E-state index in [9.17, 15) is 9.59 Å². The SMILES string of the molecule is CON=C(C(=O)Cl)c1csc(NC(=O)OC(C)(C)C)n1. The standard InChI is InChI=1S/C11H14ClN3O4S/c1-11(2,3)19-10(17)14-9-13-6(5-20-9)7(8(12)16)15-18-4/h5H,1-4H3,(H,13,14,17). The maximum atomic E-state index is 11.6. The summed E-state index contributed by atoms with van der Waals surface area (Å²) in [6.45, 7) is 5.24. The second-order valence-corrected chi connectivity index (χ2v) is 5.76. The topological polar surface area (TPSA) is 89.9 Å². The van der Waals surface area contributed by atoms with Crippen LogP contribution in [0.5, 0.6) is 0 Å². The average molecular weight is 320 g/mol. The molecule has 0 bridgehead atoms. The molecule has 9 heteroatoms. The Hall–Kier alpha value is -1.67. The van der Waals surface area contributed by atoms with E-state index in [0.29, 0.717) is 0 Å². The number of nitrogens with one attached hydrogen (secondary N) is 1. The first-order chi connectivity index (χ1) is 9.23. The lowest BCUT2D eigenvalue weighted by Gasteiger charge is -2.18. The van der Waals surface area contributed by atoms with Crippen LogP contribution < -0.4 is 5.32 Å². The van der Waals surface area contributed by atoms with Gasteiger partial charge in [-0.05, 0) is 32.4 Å². The van der Waals surface area contributed by atoms with Crippen molar-refractivity contribution in [3.05, 3.63) is 11.1 Å². The van der Waals surface area contributed by atoms with Gasteiger partial charge in [0.2, 0.25) is 0 Å². The van der Waals surface area contributed by atoms with Crippen molar-refractivity contribution in [2.75, 3.05) is 12.4 Å². The molecule has 110 valence electrons. The number of halogens is 1. The molecule has 0 atom stereocenters. The number of rotatable bonds is 4. The molecule has 1 aromatic rings. The van der Waals surface area contributed by atoms with Crippen LogP contribution in [-0.4, -0.2) is 34.7 Å². The molecule has 0 unspecified atom stereocenters. The molecular formula is C11H14ClN3O4S. The first-order valence-corrected chi connectivity index (χ1v) is 6.75. The Kier molecular flexibility index (Phi) is 5.46.